The fourth-order valence-electron chi connectivity index (χ4n) is 3.65. The van der Waals surface area contributed by atoms with Crippen molar-refractivity contribution in [2.45, 2.75) is 44.4 Å². The van der Waals surface area contributed by atoms with Gasteiger partial charge in [0.15, 0.2) is 0 Å². The first-order valence-electron chi connectivity index (χ1n) is 8.33. The van der Waals surface area contributed by atoms with E-state index < -0.39 is 0 Å². The summed E-state index contributed by atoms with van der Waals surface area (Å²) in [5.74, 6) is 0.827. The predicted molar refractivity (Wildman–Crippen MR) is 89.1 cm³/mol. The minimum Gasteiger partial charge on any atom is -0.385 e. The highest BCUT2D eigenvalue weighted by atomic mass is 14.9. The molecule has 0 aromatic heterocycles. The van der Waals surface area contributed by atoms with Crippen molar-refractivity contribution in [3.63, 3.8) is 0 Å². The molecule has 1 aliphatic carbocycles. The standard InChI is InChI=1S/C20H23N/c1-5-15(13-18(9-1)16-6-2-7-16)14-19-10-3-8-17-11-4-12-21-20(17)19/h1,3,5,8-10,13,16,21H,2,4,6-7,11-12,14H2. The maximum absolute atomic E-state index is 3.61. The van der Waals surface area contributed by atoms with Gasteiger partial charge in [-0.15, -0.1) is 0 Å². The lowest BCUT2D eigenvalue weighted by molar-refractivity contribution is 0.419. The van der Waals surface area contributed by atoms with Gasteiger partial charge in [0.05, 0.1) is 0 Å². The van der Waals surface area contributed by atoms with Crippen LogP contribution < -0.4 is 5.32 Å². The number of benzene rings is 2. The van der Waals surface area contributed by atoms with Gasteiger partial charge in [-0.1, -0.05) is 48.9 Å². The highest BCUT2D eigenvalue weighted by Gasteiger charge is 2.19. The fourth-order valence-corrected chi connectivity index (χ4v) is 3.65. The zero-order chi connectivity index (χ0) is 14.1. The van der Waals surface area contributed by atoms with Crippen molar-refractivity contribution >= 4 is 5.69 Å². The van der Waals surface area contributed by atoms with E-state index in [0.29, 0.717) is 0 Å². The number of aryl methyl sites for hydroxylation is 1. The van der Waals surface area contributed by atoms with Crippen LogP contribution in [0.25, 0.3) is 0 Å². The van der Waals surface area contributed by atoms with Crippen molar-refractivity contribution in [2.75, 3.05) is 11.9 Å². The maximum atomic E-state index is 3.61. The van der Waals surface area contributed by atoms with Gasteiger partial charge in [0, 0.05) is 12.2 Å². The summed E-state index contributed by atoms with van der Waals surface area (Å²) in [7, 11) is 0. The Bertz CT molecular complexity index is 640. The van der Waals surface area contributed by atoms with Crippen LogP contribution in [0.1, 0.15) is 53.9 Å². The zero-order valence-electron chi connectivity index (χ0n) is 12.6. The molecule has 1 fully saturated rings. The molecule has 1 saturated carbocycles. The van der Waals surface area contributed by atoms with E-state index in [1.807, 2.05) is 0 Å². The molecule has 2 aromatic carbocycles. The molecule has 1 nitrogen and oxygen atoms in total. The molecule has 0 spiro atoms. The molecule has 1 N–H and O–H groups in total. The van der Waals surface area contributed by atoms with Crippen LogP contribution in [0.15, 0.2) is 42.5 Å². The third-order valence-corrected chi connectivity index (χ3v) is 5.08. The SMILES string of the molecule is c1cc(Cc2cccc3c2NCCC3)cc(C2CCC2)c1. The molecular weight excluding hydrogens is 254 g/mol. The summed E-state index contributed by atoms with van der Waals surface area (Å²) in [6.45, 7) is 1.12. The molecule has 1 heterocycles. The Morgan fingerprint density at radius 3 is 2.76 bits per heavy atom. The molecule has 108 valence electrons. The second kappa shape index (κ2) is 5.55. The third-order valence-electron chi connectivity index (χ3n) is 5.08. The summed E-state index contributed by atoms with van der Waals surface area (Å²) in [5, 5.41) is 3.61. The number of rotatable bonds is 3. The van der Waals surface area contributed by atoms with Crippen LogP contribution in [0.4, 0.5) is 5.69 Å². The monoisotopic (exact) mass is 277 g/mol. The number of para-hydroxylation sites is 1. The van der Waals surface area contributed by atoms with Gasteiger partial charge < -0.3 is 5.32 Å². The molecule has 21 heavy (non-hydrogen) atoms. The minimum absolute atomic E-state index is 0.827. The van der Waals surface area contributed by atoms with Crippen molar-refractivity contribution in [1.82, 2.24) is 0 Å². The molecule has 2 aliphatic rings. The molecular formula is C20H23N. The Hall–Kier alpha value is -1.76. The average molecular weight is 277 g/mol. The molecule has 1 heteroatoms. The van der Waals surface area contributed by atoms with Crippen LogP contribution in [0.5, 0.6) is 0 Å². The van der Waals surface area contributed by atoms with Crippen LogP contribution in [-0.4, -0.2) is 6.54 Å². The molecule has 0 unspecified atom stereocenters. The third kappa shape index (κ3) is 2.57. The van der Waals surface area contributed by atoms with Gasteiger partial charge in [0.2, 0.25) is 0 Å². The van der Waals surface area contributed by atoms with E-state index in [0.717, 1.165) is 18.9 Å². The van der Waals surface area contributed by atoms with Crippen molar-refractivity contribution in [1.29, 1.82) is 0 Å². The van der Waals surface area contributed by atoms with E-state index in [1.54, 1.807) is 5.56 Å². The van der Waals surface area contributed by atoms with Crippen LogP contribution >= 0.6 is 0 Å². The highest BCUT2D eigenvalue weighted by molar-refractivity contribution is 5.60. The first-order chi connectivity index (χ1) is 10.4. The highest BCUT2D eigenvalue weighted by Crippen LogP contribution is 2.37. The molecule has 2 aromatic rings. The summed E-state index contributed by atoms with van der Waals surface area (Å²) < 4.78 is 0. The Kier molecular flexibility index (Phi) is 3.42. The van der Waals surface area contributed by atoms with Gasteiger partial charge in [-0.25, -0.2) is 0 Å². The topological polar surface area (TPSA) is 12.0 Å². The normalized spacial score (nSPS) is 17.7. The molecule has 0 saturated heterocycles. The minimum atomic E-state index is 0.827. The first-order valence-corrected chi connectivity index (χ1v) is 8.33. The van der Waals surface area contributed by atoms with Gasteiger partial charge in [-0.05, 0) is 60.3 Å². The molecule has 0 atom stereocenters. The number of hydrogen-bond acceptors (Lipinski definition) is 1. The Morgan fingerprint density at radius 1 is 1.00 bits per heavy atom. The number of anilines is 1. The molecule has 0 bridgehead atoms. The van der Waals surface area contributed by atoms with Crippen molar-refractivity contribution in [2.24, 2.45) is 0 Å². The lowest BCUT2D eigenvalue weighted by Crippen LogP contribution is -2.14. The van der Waals surface area contributed by atoms with E-state index in [9.17, 15) is 0 Å². The van der Waals surface area contributed by atoms with Crippen molar-refractivity contribution in [3.8, 4) is 0 Å². The smallest absolute Gasteiger partial charge is 0.0408 e. The Labute approximate surface area is 127 Å². The Balaban J connectivity index is 1.61. The van der Waals surface area contributed by atoms with E-state index in [2.05, 4.69) is 47.8 Å². The zero-order valence-corrected chi connectivity index (χ0v) is 12.6. The van der Waals surface area contributed by atoms with E-state index in [4.69, 9.17) is 0 Å². The molecule has 4 rings (SSSR count). The van der Waals surface area contributed by atoms with Crippen LogP contribution in [0.3, 0.4) is 0 Å². The van der Waals surface area contributed by atoms with E-state index in [-0.39, 0.29) is 0 Å². The summed E-state index contributed by atoms with van der Waals surface area (Å²) in [4.78, 5) is 0. The summed E-state index contributed by atoms with van der Waals surface area (Å²) in [6.07, 6.45) is 7.70. The van der Waals surface area contributed by atoms with Crippen molar-refractivity contribution < 1.29 is 0 Å². The second-order valence-corrected chi connectivity index (χ2v) is 6.53. The fraction of sp³-hybridized carbons (Fsp3) is 0.400. The summed E-state index contributed by atoms with van der Waals surface area (Å²) in [5.41, 5.74) is 7.36. The lowest BCUT2D eigenvalue weighted by Gasteiger charge is -2.26. The number of nitrogens with one attached hydrogen (secondary N) is 1. The Morgan fingerprint density at radius 2 is 1.90 bits per heavy atom. The van der Waals surface area contributed by atoms with E-state index >= 15 is 0 Å². The summed E-state index contributed by atoms with van der Waals surface area (Å²) >= 11 is 0. The van der Waals surface area contributed by atoms with Gasteiger partial charge in [0.1, 0.15) is 0 Å². The van der Waals surface area contributed by atoms with Crippen LogP contribution in [0, 0.1) is 0 Å². The lowest BCUT2D eigenvalue weighted by atomic mass is 9.79. The van der Waals surface area contributed by atoms with Gasteiger partial charge >= 0.3 is 0 Å². The van der Waals surface area contributed by atoms with Gasteiger partial charge in [0.25, 0.3) is 0 Å². The van der Waals surface area contributed by atoms with Crippen molar-refractivity contribution in [3.05, 3.63) is 64.7 Å². The summed E-state index contributed by atoms with van der Waals surface area (Å²) in [6, 6.07) is 16.0. The molecule has 1 aliphatic heterocycles. The van der Waals surface area contributed by atoms with Crippen LogP contribution in [0.2, 0.25) is 0 Å². The average Bonchev–Trinajstić information content (AvgIpc) is 2.46. The molecule has 0 radical (unpaired) electrons. The largest absolute Gasteiger partial charge is 0.385 e. The number of fused-ring (bicyclic) bond motifs is 1. The maximum Gasteiger partial charge on any atom is 0.0408 e. The van der Waals surface area contributed by atoms with Gasteiger partial charge in [-0.2, -0.15) is 0 Å². The predicted octanol–water partition coefficient (Wildman–Crippen LogP) is 4.90. The quantitative estimate of drug-likeness (QED) is 0.841. The van der Waals surface area contributed by atoms with Gasteiger partial charge in [-0.3, -0.25) is 0 Å². The molecule has 0 amide bonds. The van der Waals surface area contributed by atoms with Crippen LogP contribution in [-0.2, 0) is 12.8 Å². The first kappa shape index (κ1) is 12.9. The van der Waals surface area contributed by atoms with E-state index in [1.165, 1.54) is 54.5 Å². The number of hydrogen-bond donors (Lipinski definition) is 1. The second-order valence-electron chi connectivity index (χ2n) is 6.53.